The standard InChI is InChI=1S/C15H17F3N4O/c1-22-10-9-21-13(22)14(23,15(16,17)18)7-8-20-12(19)11-5-3-2-4-6-11/h2-6,9-10,23H,7-8H2,1H3,(H2,19,20). The van der Waals surface area contributed by atoms with Crippen LogP contribution in [0.25, 0.3) is 0 Å². The molecule has 0 radical (unpaired) electrons. The fourth-order valence-corrected chi connectivity index (χ4v) is 2.18. The van der Waals surface area contributed by atoms with Gasteiger partial charge in [0.25, 0.3) is 0 Å². The number of halogens is 3. The number of hydrogen-bond acceptors (Lipinski definition) is 3. The van der Waals surface area contributed by atoms with Crippen LogP contribution in [0.3, 0.4) is 0 Å². The van der Waals surface area contributed by atoms with E-state index in [4.69, 9.17) is 5.73 Å². The van der Waals surface area contributed by atoms with E-state index in [0.29, 0.717) is 5.56 Å². The molecule has 0 spiro atoms. The maximum absolute atomic E-state index is 13.3. The zero-order valence-electron chi connectivity index (χ0n) is 12.5. The molecule has 3 N–H and O–H groups in total. The van der Waals surface area contributed by atoms with Crippen molar-refractivity contribution in [3.8, 4) is 0 Å². The first kappa shape index (κ1) is 17.0. The summed E-state index contributed by atoms with van der Waals surface area (Å²) in [5.74, 6) is -0.353. The lowest BCUT2D eigenvalue weighted by molar-refractivity contribution is -0.272. The van der Waals surface area contributed by atoms with E-state index in [-0.39, 0.29) is 12.4 Å². The Labute approximate surface area is 131 Å². The van der Waals surface area contributed by atoms with Gasteiger partial charge >= 0.3 is 6.18 Å². The van der Waals surface area contributed by atoms with Gasteiger partial charge < -0.3 is 15.4 Å². The summed E-state index contributed by atoms with van der Waals surface area (Å²) in [6, 6.07) is 8.69. The molecule has 1 heterocycles. The SMILES string of the molecule is Cn1ccnc1C(O)(CCN=C(N)c1ccccc1)C(F)(F)F. The largest absolute Gasteiger partial charge is 0.424 e. The molecule has 0 saturated carbocycles. The molecule has 1 aromatic heterocycles. The predicted octanol–water partition coefficient (Wildman–Crippen LogP) is 1.97. The molecule has 5 nitrogen and oxygen atoms in total. The van der Waals surface area contributed by atoms with Crippen LogP contribution < -0.4 is 5.73 Å². The lowest BCUT2D eigenvalue weighted by Crippen LogP contribution is -2.45. The molecule has 1 atom stereocenters. The van der Waals surface area contributed by atoms with Gasteiger partial charge in [-0.15, -0.1) is 0 Å². The van der Waals surface area contributed by atoms with E-state index in [1.807, 2.05) is 0 Å². The highest BCUT2D eigenvalue weighted by molar-refractivity contribution is 5.97. The van der Waals surface area contributed by atoms with Gasteiger partial charge in [0.1, 0.15) is 11.7 Å². The van der Waals surface area contributed by atoms with E-state index >= 15 is 0 Å². The van der Waals surface area contributed by atoms with Crippen molar-refractivity contribution in [3.63, 3.8) is 0 Å². The molecule has 2 aromatic rings. The van der Waals surface area contributed by atoms with Crippen LogP contribution in [0.2, 0.25) is 0 Å². The normalized spacial score (nSPS) is 15.4. The third-order valence-corrected chi connectivity index (χ3v) is 3.49. The molecule has 0 saturated heterocycles. The first-order valence-electron chi connectivity index (χ1n) is 6.88. The third-order valence-electron chi connectivity index (χ3n) is 3.49. The summed E-state index contributed by atoms with van der Waals surface area (Å²) >= 11 is 0. The van der Waals surface area contributed by atoms with Crippen LogP contribution >= 0.6 is 0 Å². The molecule has 0 fully saturated rings. The number of alkyl halides is 3. The summed E-state index contributed by atoms with van der Waals surface area (Å²) in [5.41, 5.74) is 3.28. The zero-order valence-corrected chi connectivity index (χ0v) is 12.5. The summed E-state index contributed by atoms with van der Waals surface area (Å²) in [6.45, 7) is -0.288. The predicted molar refractivity (Wildman–Crippen MR) is 79.8 cm³/mol. The molecule has 8 heteroatoms. The number of amidine groups is 1. The van der Waals surface area contributed by atoms with E-state index in [9.17, 15) is 18.3 Å². The Balaban J connectivity index is 2.19. The quantitative estimate of drug-likeness (QED) is 0.651. The number of nitrogens with zero attached hydrogens (tertiary/aromatic N) is 3. The molecule has 23 heavy (non-hydrogen) atoms. The van der Waals surface area contributed by atoms with E-state index in [1.165, 1.54) is 19.4 Å². The molecule has 0 amide bonds. The van der Waals surface area contributed by atoms with Crippen molar-refractivity contribution in [2.24, 2.45) is 17.8 Å². The molecule has 0 aliphatic rings. The van der Waals surface area contributed by atoms with E-state index in [1.54, 1.807) is 30.3 Å². The van der Waals surface area contributed by atoms with Crippen molar-refractivity contribution in [1.82, 2.24) is 9.55 Å². The van der Waals surface area contributed by atoms with Crippen molar-refractivity contribution < 1.29 is 18.3 Å². The van der Waals surface area contributed by atoms with Crippen molar-refractivity contribution in [3.05, 3.63) is 54.1 Å². The molecule has 0 aliphatic carbocycles. The zero-order chi connectivity index (χ0) is 17.1. The number of aryl methyl sites for hydroxylation is 1. The summed E-state index contributed by atoms with van der Waals surface area (Å²) in [4.78, 5) is 7.55. The van der Waals surface area contributed by atoms with Gasteiger partial charge in [-0.3, -0.25) is 4.99 Å². The van der Waals surface area contributed by atoms with Crippen LogP contribution in [0.4, 0.5) is 13.2 Å². The molecule has 124 valence electrons. The Kier molecular flexibility index (Phi) is 4.74. The monoisotopic (exact) mass is 326 g/mol. The van der Waals surface area contributed by atoms with Gasteiger partial charge in [0, 0.05) is 38.0 Å². The van der Waals surface area contributed by atoms with Crippen LogP contribution in [-0.2, 0) is 12.6 Å². The minimum Gasteiger partial charge on any atom is -0.384 e. The van der Waals surface area contributed by atoms with Crippen LogP contribution in [0, 0.1) is 0 Å². The van der Waals surface area contributed by atoms with E-state index < -0.39 is 24.0 Å². The van der Waals surface area contributed by atoms with Crippen LogP contribution in [0.5, 0.6) is 0 Å². The van der Waals surface area contributed by atoms with Gasteiger partial charge in [0.2, 0.25) is 5.60 Å². The number of aliphatic hydroxyl groups is 1. The second-order valence-electron chi connectivity index (χ2n) is 5.10. The van der Waals surface area contributed by atoms with E-state index in [2.05, 4.69) is 9.98 Å². The summed E-state index contributed by atoms with van der Waals surface area (Å²) in [5, 5.41) is 10.2. The minimum absolute atomic E-state index is 0.120. The second-order valence-corrected chi connectivity index (χ2v) is 5.10. The Bertz CT molecular complexity index is 682. The molecule has 0 aliphatic heterocycles. The van der Waals surface area contributed by atoms with Crippen LogP contribution in [-0.4, -0.2) is 33.2 Å². The highest BCUT2D eigenvalue weighted by Crippen LogP contribution is 2.40. The fraction of sp³-hybridized carbons (Fsp3) is 0.333. The van der Waals surface area contributed by atoms with Crippen molar-refractivity contribution in [2.75, 3.05) is 6.54 Å². The lowest BCUT2D eigenvalue weighted by Gasteiger charge is -2.29. The van der Waals surface area contributed by atoms with Gasteiger partial charge in [-0.1, -0.05) is 30.3 Å². The minimum atomic E-state index is -4.87. The fourth-order valence-electron chi connectivity index (χ4n) is 2.18. The Morgan fingerprint density at radius 3 is 2.48 bits per heavy atom. The Morgan fingerprint density at radius 1 is 1.30 bits per heavy atom. The molecule has 1 unspecified atom stereocenters. The third kappa shape index (κ3) is 3.53. The summed E-state index contributed by atoms with van der Waals surface area (Å²) in [6.07, 6.45) is -3.00. The lowest BCUT2D eigenvalue weighted by atomic mass is 9.98. The van der Waals surface area contributed by atoms with Gasteiger partial charge in [-0.25, -0.2) is 4.98 Å². The van der Waals surface area contributed by atoms with Crippen molar-refractivity contribution in [2.45, 2.75) is 18.2 Å². The number of benzene rings is 1. The number of aliphatic imine (C=N–C) groups is 1. The van der Waals surface area contributed by atoms with Crippen LogP contribution in [0.15, 0.2) is 47.7 Å². The van der Waals surface area contributed by atoms with Crippen LogP contribution in [0.1, 0.15) is 17.8 Å². The first-order chi connectivity index (χ1) is 10.8. The second kappa shape index (κ2) is 6.41. The number of imidazole rings is 1. The Morgan fingerprint density at radius 2 is 1.96 bits per heavy atom. The van der Waals surface area contributed by atoms with Gasteiger partial charge in [0.05, 0.1) is 0 Å². The van der Waals surface area contributed by atoms with Gasteiger partial charge in [-0.2, -0.15) is 13.2 Å². The summed E-state index contributed by atoms with van der Waals surface area (Å²) < 4.78 is 41.1. The van der Waals surface area contributed by atoms with Gasteiger partial charge in [-0.05, 0) is 0 Å². The van der Waals surface area contributed by atoms with Crippen molar-refractivity contribution in [1.29, 1.82) is 0 Å². The van der Waals surface area contributed by atoms with Crippen molar-refractivity contribution >= 4 is 5.84 Å². The Hall–Kier alpha value is -2.35. The number of aromatic nitrogens is 2. The average Bonchev–Trinajstić information content (AvgIpc) is 2.93. The van der Waals surface area contributed by atoms with Gasteiger partial charge in [0.15, 0.2) is 0 Å². The topological polar surface area (TPSA) is 76.4 Å². The maximum Gasteiger partial charge on any atom is 0.424 e. The molecule has 1 aromatic carbocycles. The number of nitrogens with two attached hydrogens (primary N) is 1. The smallest absolute Gasteiger partial charge is 0.384 e. The summed E-state index contributed by atoms with van der Waals surface area (Å²) in [7, 11) is 1.39. The highest BCUT2D eigenvalue weighted by Gasteiger charge is 2.57. The molecular formula is C15H17F3N4O. The number of hydrogen-bond donors (Lipinski definition) is 2. The molecule has 0 bridgehead atoms. The molecule has 2 rings (SSSR count). The maximum atomic E-state index is 13.3. The highest BCUT2D eigenvalue weighted by atomic mass is 19.4. The first-order valence-corrected chi connectivity index (χ1v) is 6.88. The number of rotatable bonds is 5. The molecular weight excluding hydrogens is 309 g/mol. The van der Waals surface area contributed by atoms with E-state index in [0.717, 1.165) is 4.57 Å². The average molecular weight is 326 g/mol.